The summed E-state index contributed by atoms with van der Waals surface area (Å²) in [5.41, 5.74) is 4.85. The van der Waals surface area contributed by atoms with E-state index in [1.165, 1.54) is 11.8 Å². The molecule has 0 saturated carbocycles. The standard InChI is InChI=1S/C14H13N5S2/c1-16-14(19-15)21-13-11-10(9-5-3-2-4-6-9)7-20-12(11)17-8-18-13/h2-8H,15H2,1H3,(H,16,19). The second-order valence-corrected chi connectivity index (χ2v) is 5.99. The van der Waals surface area contributed by atoms with Gasteiger partial charge in [-0.25, -0.2) is 15.8 Å². The number of rotatable bonds is 2. The Labute approximate surface area is 130 Å². The Bertz CT molecular complexity index is 782. The summed E-state index contributed by atoms with van der Waals surface area (Å²) in [5, 5.41) is 4.60. The number of fused-ring (bicyclic) bond motifs is 1. The maximum absolute atomic E-state index is 5.46. The summed E-state index contributed by atoms with van der Waals surface area (Å²) in [6.07, 6.45) is 1.57. The number of nitrogens with zero attached hydrogens (tertiary/aromatic N) is 3. The summed E-state index contributed by atoms with van der Waals surface area (Å²) >= 11 is 3.01. The molecule has 1 aromatic carbocycles. The van der Waals surface area contributed by atoms with E-state index >= 15 is 0 Å². The van der Waals surface area contributed by atoms with Crippen molar-refractivity contribution in [3.8, 4) is 11.1 Å². The maximum atomic E-state index is 5.46. The van der Waals surface area contributed by atoms with E-state index < -0.39 is 0 Å². The molecule has 0 unspecified atom stereocenters. The second kappa shape index (κ2) is 6.21. The topological polar surface area (TPSA) is 76.2 Å². The van der Waals surface area contributed by atoms with Gasteiger partial charge >= 0.3 is 0 Å². The average Bonchev–Trinajstić information content (AvgIpc) is 2.98. The quantitative estimate of drug-likeness (QED) is 0.190. The molecule has 2 heterocycles. The van der Waals surface area contributed by atoms with Crippen molar-refractivity contribution >= 4 is 38.5 Å². The average molecular weight is 315 g/mol. The molecule has 0 amide bonds. The number of hydrazine groups is 1. The van der Waals surface area contributed by atoms with Gasteiger partial charge in [0.05, 0.1) is 5.39 Å². The normalized spacial score (nSPS) is 11.8. The van der Waals surface area contributed by atoms with Crippen LogP contribution in [0.1, 0.15) is 0 Å². The zero-order chi connectivity index (χ0) is 14.7. The molecule has 3 aromatic rings. The lowest BCUT2D eigenvalue weighted by Crippen LogP contribution is -2.27. The van der Waals surface area contributed by atoms with E-state index in [0.717, 1.165) is 26.4 Å². The maximum Gasteiger partial charge on any atom is 0.176 e. The van der Waals surface area contributed by atoms with Gasteiger partial charge < -0.3 is 5.43 Å². The minimum absolute atomic E-state index is 0.611. The van der Waals surface area contributed by atoms with E-state index in [0.29, 0.717) is 5.17 Å². The molecular weight excluding hydrogens is 302 g/mol. The molecule has 7 heteroatoms. The first-order valence-electron chi connectivity index (χ1n) is 6.22. The largest absolute Gasteiger partial charge is 0.303 e. The first-order valence-corrected chi connectivity index (χ1v) is 7.92. The van der Waals surface area contributed by atoms with Gasteiger partial charge in [0.15, 0.2) is 5.17 Å². The van der Waals surface area contributed by atoms with Crippen molar-refractivity contribution in [1.29, 1.82) is 0 Å². The van der Waals surface area contributed by atoms with E-state index in [1.807, 2.05) is 18.2 Å². The highest BCUT2D eigenvalue weighted by Crippen LogP contribution is 2.37. The van der Waals surface area contributed by atoms with E-state index in [-0.39, 0.29) is 0 Å². The van der Waals surface area contributed by atoms with Gasteiger partial charge in [-0.15, -0.1) is 11.3 Å². The number of aromatic nitrogens is 2. The fraction of sp³-hybridized carbons (Fsp3) is 0.0714. The Morgan fingerprint density at radius 2 is 2.10 bits per heavy atom. The van der Waals surface area contributed by atoms with Crippen LogP contribution >= 0.6 is 23.1 Å². The van der Waals surface area contributed by atoms with Crippen molar-refractivity contribution in [2.45, 2.75) is 5.03 Å². The zero-order valence-corrected chi connectivity index (χ0v) is 12.9. The van der Waals surface area contributed by atoms with Crippen LogP contribution in [-0.4, -0.2) is 22.2 Å². The smallest absolute Gasteiger partial charge is 0.176 e. The molecule has 3 rings (SSSR count). The van der Waals surface area contributed by atoms with Gasteiger partial charge in [-0.2, -0.15) is 0 Å². The number of amidine groups is 1. The van der Waals surface area contributed by atoms with Crippen LogP contribution in [0, 0.1) is 0 Å². The number of nitrogens with one attached hydrogen (secondary N) is 1. The van der Waals surface area contributed by atoms with Gasteiger partial charge in [0.2, 0.25) is 0 Å². The lowest BCUT2D eigenvalue weighted by molar-refractivity contribution is 1.04. The molecule has 0 aliphatic carbocycles. The van der Waals surface area contributed by atoms with Crippen LogP contribution < -0.4 is 11.3 Å². The van der Waals surface area contributed by atoms with Crippen molar-refractivity contribution in [3.05, 3.63) is 42.0 Å². The van der Waals surface area contributed by atoms with Crippen LogP contribution in [0.25, 0.3) is 21.3 Å². The molecule has 3 N–H and O–H groups in total. The highest BCUT2D eigenvalue weighted by atomic mass is 32.2. The number of benzene rings is 1. The molecule has 2 aromatic heterocycles. The fourth-order valence-corrected chi connectivity index (χ4v) is 3.71. The summed E-state index contributed by atoms with van der Waals surface area (Å²) in [7, 11) is 1.69. The first-order chi connectivity index (χ1) is 10.3. The highest BCUT2D eigenvalue weighted by Gasteiger charge is 2.14. The van der Waals surface area contributed by atoms with Crippen LogP contribution in [0.3, 0.4) is 0 Å². The van der Waals surface area contributed by atoms with Crippen LogP contribution in [0.2, 0.25) is 0 Å². The molecule has 0 radical (unpaired) electrons. The van der Waals surface area contributed by atoms with Crippen molar-refractivity contribution in [3.63, 3.8) is 0 Å². The zero-order valence-electron chi connectivity index (χ0n) is 11.3. The van der Waals surface area contributed by atoms with E-state index in [1.54, 1.807) is 24.7 Å². The Kier molecular flexibility index (Phi) is 4.14. The number of nitrogens with two attached hydrogens (primary N) is 1. The van der Waals surface area contributed by atoms with Crippen molar-refractivity contribution in [2.75, 3.05) is 7.05 Å². The molecule has 5 nitrogen and oxygen atoms in total. The van der Waals surface area contributed by atoms with E-state index in [4.69, 9.17) is 5.84 Å². The number of thiophene rings is 1. The summed E-state index contributed by atoms with van der Waals surface area (Å²) in [6, 6.07) is 10.2. The number of aliphatic imine (C=N–C) groups is 1. The molecule has 0 bridgehead atoms. The van der Waals surface area contributed by atoms with Gasteiger partial charge in [0.1, 0.15) is 16.2 Å². The second-order valence-electron chi connectivity index (χ2n) is 4.15. The minimum atomic E-state index is 0.611. The molecule has 0 saturated heterocycles. The van der Waals surface area contributed by atoms with Crippen molar-refractivity contribution in [2.24, 2.45) is 10.8 Å². The number of thioether (sulfide) groups is 1. The van der Waals surface area contributed by atoms with E-state index in [2.05, 4.69) is 37.9 Å². The van der Waals surface area contributed by atoms with Gasteiger partial charge in [-0.3, -0.25) is 4.99 Å². The molecule has 21 heavy (non-hydrogen) atoms. The van der Waals surface area contributed by atoms with Gasteiger partial charge in [-0.1, -0.05) is 30.3 Å². The Morgan fingerprint density at radius 1 is 1.29 bits per heavy atom. The minimum Gasteiger partial charge on any atom is -0.303 e. The lowest BCUT2D eigenvalue weighted by Gasteiger charge is -2.06. The van der Waals surface area contributed by atoms with Crippen LogP contribution in [0.15, 0.2) is 52.1 Å². The molecule has 0 atom stereocenters. The fourth-order valence-electron chi connectivity index (χ4n) is 1.99. The summed E-state index contributed by atoms with van der Waals surface area (Å²) < 4.78 is 0. The van der Waals surface area contributed by atoms with Gasteiger partial charge in [0.25, 0.3) is 0 Å². The molecule has 106 valence electrons. The predicted molar refractivity (Wildman–Crippen MR) is 89.4 cm³/mol. The monoisotopic (exact) mass is 315 g/mol. The van der Waals surface area contributed by atoms with Crippen molar-refractivity contribution in [1.82, 2.24) is 15.4 Å². The Hall–Kier alpha value is -1.96. The van der Waals surface area contributed by atoms with Gasteiger partial charge in [0, 0.05) is 18.0 Å². The predicted octanol–water partition coefficient (Wildman–Crippen LogP) is 2.90. The van der Waals surface area contributed by atoms with Crippen molar-refractivity contribution < 1.29 is 0 Å². The summed E-state index contributed by atoms with van der Waals surface area (Å²) in [5.74, 6) is 5.46. The Balaban J connectivity index is 2.15. The molecule has 0 aliphatic rings. The SMILES string of the molecule is CN=C(NN)Sc1ncnc2scc(-c3ccccc3)c12. The molecule has 0 aliphatic heterocycles. The molecular formula is C14H13N5S2. The van der Waals surface area contributed by atoms with E-state index in [9.17, 15) is 0 Å². The lowest BCUT2D eigenvalue weighted by atomic mass is 10.1. The number of hydrogen-bond acceptors (Lipinski definition) is 6. The molecule has 0 spiro atoms. The number of hydrogen-bond donors (Lipinski definition) is 2. The summed E-state index contributed by atoms with van der Waals surface area (Å²) in [6.45, 7) is 0. The first kappa shape index (κ1) is 14.0. The molecule has 0 fully saturated rings. The van der Waals surface area contributed by atoms with Gasteiger partial charge in [-0.05, 0) is 17.3 Å². The summed E-state index contributed by atoms with van der Waals surface area (Å²) in [4.78, 5) is 13.8. The third-order valence-corrected chi connectivity index (χ3v) is 4.82. The van der Waals surface area contributed by atoms with Crippen LogP contribution in [0.4, 0.5) is 0 Å². The third-order valence-electron chi connectivity index (χ3n) is 2.94. The Morgan fingerprint density at radius 3 is 2.81 bits per heavy atom. The third kappa shape index (κ3) is 2.76. The highest BCUT2D eigenvalue weighted by molar-refractivity contribution is 8.14. The van der Waals surface area contributed by atoms with Crippen LogP contribution in [-0.2, 0) is 0 Å². The van der Waals surface area contributed by atoms with Crippen LogP contribution in [0.5, 0.6) is 0 Å².